The Morgan fingerprint density at radius 1 is 1.26 bits per heavy atom. The van der Waals surface area contributed by atoms with E-state index in [1.54, 1.807) is 0 Å². The van der Waals surface area contributed by atoms with Gasteiger partial charge in [-0.05, 0) is 65.0 Å². The van der Waals surface area contributed by atoms with Crippen LogP contribution in [-0.4, -0.2) is 12.0 Å². The predicted octanol–water partition coefficient (Wildman–Crippen LogP) is 3.52. The largest absolute Gasteiger partial charge is 0.313 e. The Bertz CT molecular complexity index is 565. The first-order valence-corrected chi connectivity index (χ1v) is 7.42. The van der Waals surface area contributed by atoms with Crippen LogP contribution < -0.4 is 5.32 Å². The van der Waals surface area contributed by atoms with Gasteiger partial charge in [-0.25, -0.2) is 0 Å². The van der Waals surface area contributed by atoms with Crippen LogP contribution in [0.1, 0.15) is 22.9 Å². The second kappa shape index (κ2) is 5.43. The van der Waals surface area contributed by atoms with E-state index >= 15 is 0 Å². The summed E-state index contributed by atoms with van der Waals surface area (Å²) >= 11 is 3.43. The van der Waals surface area contributed by atoms with Crippen molar-refractivity contribution in [3.63, 3.8) is 0 Å². The second-order valence-corrected chi connectivity index (χ2v) is 6.02. The summed E-state index contributed by atoms with van der Waals surface area (Å²) in [6.07, 6.45) is 4.04. The summed E-state index contributed by atoms with van der Waals surface area (Å²) in [5, 5.41) is 3.46. The molecule has 19 heavy (non-hydrogen) atoms. The maximum atomic E-state index is 4.50. The fourth-order valence-electron chi connectivity index (χ4n) is 3.05. The number of halogens is 1. The lowest BCUT2D eigenvalue weighted by molar-refractivity contribution is 0.407. The molecule has 2 atom stereocenters. The Hall–Kier alpha value is -1.19. The van der Waals surface area contributed by atoms with Crippen molar-refractivity contribution in [3.05, 3.63) is 63.9 Å². The molecule has 0 saturated carbocycles. The number of hydrogen-bond acceptors (Lipinski definition) is 2. The third-order valence-electron chi connectivity index (χ3n) is 3.91. The van der Waals surface area contributed by atoms with E-state index in [4.69, 9.17) is 0 Å². The van der Waals surface area contributed by atoms with E-state index in [0.29, 0.717) is 12.0 Å². The zero-order valence-corrected chi connectivity index (χ0v) is 12.5. The lowest BCUT2D eigenvalue weighted by atomic mass is 9.95. The van der Waals surface area contributed by atoms with E-state index in [1.807, 2.05) is 6.20 Å². The molecule has 2 aromatic rings. The van der Waals surface area contributed by atoms with Gasteiger partial charge in [0.1, 0.15) is 0 Å². The van der Waals surface area contributed by atoms with E-state index in [0.717, 1.165) is 17.3 Å². The van der Waals surface area contributed by atoms with Crippen LogP contribution in [0.15, 0.2) is 47.1 Å². The topological polar surface area (TPSA) is 24.9 Å². The minimum atomic E-state index is 0.446. The normalized spacial score (nSPS) is 21.4. The van der Waals surface area contributed by atoms with Gasteiger partial charge in [0.15, 0.2) is 0 Å². The van der Waals surface area contributed by atoms with Crippen LogP contribution in [0.3, 0.4) is 0 Å². The fraction of sp³-hybridized carbons (Fsp3) is 0.312. The SMILES string of the molecule is CNC1c2ccccc2CC1Cc1ccc(Br)cn1. The summed E-state index contributed by atoms with van der Waals surface area (Å²) < 4.78 is 1.04. The number of fused-ring (bicyclic) bond motifs is 1. The standard InChI is InChI=1S/C16H17BrN2/c1-18-16-12(8-11-4-2-3-5-15(11)16)9-14-7-6-13(17)10-19-14/h2-7,10,12,16,18H,8-9H2,1H3. The first kappa shape index (κ1) is 12.8. The lowest BCUT2D eigenvalue weighted by Gasteiger charge is -2.19. The molecule has 3 heteroatoms. The van der Waals surface area contributed by atoms with E-state index < -0.39 is 0 Å². The molecular weight excluding hydrogens is 300 g/mol. The highest BCUT2D eigenvalue weighted by Gasteiger charge is 2.31. The van der Waals surface area contributed by atoms with Crippen molar-refractivity contribution in [2.75, 3.05) is 7.05 Å². The monoisotopic (exact) mass is 316 g/mol. The van der Waals surface area contributed by atoms with Crippen molar-refractivity contribution >= 4 is 15.9 Å². The molecule has 0 aliphatic heterocycles. The molecule has 0 spiro atoms. The first-order chi connectivity index (χ1) is 9.28. The van der Waals surface area contributed by atoms with Crippen LogP contribution in [0.4, 0.5) is 0 Å². The summed E-state index contributed by atoms with van der Waals surface area (Å²) in [7, 11) is 2.05. The van der Waals surface area contributed by atoms with E-state index in [9.17, 15) is 0 Å². The highest BCUT2D eigenvalue weighted by Crippen LogP contribution is 2.37. The van der Waals surface area contributed by atoms with Crippen LogP contribution >= 0.6 is 15.9 Å². The molecule has 1 aliphatic carbocycles. The zero-order valence-electron chi connectivity index (χ0n) is 10.9. The maximum absolute atomic E-state index is 4.50. The van der Waals surface area contributed by atoms with Crippen molar-refractivity contribution < 1.29 is 0 Å². The molecule has 0 bridgehead atoms. The summed E-state index contributed by atoms with van der Waals surface area (Å²) in [6, 6.07) is 13.4. The van der Waals surface area contributed by atoms with Gasteiger partial charge in [-0.1, -0.05) is 24.3 Å². The zero-order chi connectivity index (χ0) is 13.2. The van der Waals surface area contributed by atoms with Gasteiger partial charge in [-0.3, -0.25) is 4.98 Å². The highest BCUT2D eigenvalue weighted by molar-refractivity contribution is 9.10. The van der Waals surface area contributed by atoms with Crippen molar-refractivity contribution in [1.82, 2.24) is 10.3 Å². The third-order valence-corrected chi connectivity index (χ3v) is 4.38. The fourth-order valence-corrected chi connectivity index (χ4v) is 3.29. The minimum absolute atomic E-state index is 0.446. The Morgan fingerprint density at radius 2 is 2.11 bits per heavy atom. The maximum Gasteiger partial charge on any atom is 0.0413 e. The molecule has 0 saturated heterocycles. The van der Waals surface area contributed by atoms with Crippen molar-refractivity contribution in [3.8, 4) is 0 Å². The summed E-state index contributed by atoms with van der Waals surface area (Å²) in [5.74, 6) is 0.594. The van der Waals surface area contributed by atoms with Gasteiger partial charge in [0, 0.05) is 22.4 Å². The molecule has 2 nitrogen and oxygen atoms in total. The predicted molar refractivity (Wildman–Crippen MR) is 81.1 cm³/mol. The number of nitrogens with zero attached hydrogens (tertiary/aromatic N) is 1. The Morgan fingerprint density at radius 3 is 2.84 bits per heavy atom. The quantitative estimate of drug-likeness (QED) is 0.937. The molecule has 98 valence electrons. The van der Waals surface area contributed by atoms with Gasteiger partial charge in [-0.15, -0.1) is 0 Å². The molecule has 0 fully saturated rings. The molecule has 1 aromatic heterocycles. The summed E-state index contributed by atoms with van der Waals surface area (Å²) in [4.78, 5) is 4.50. The molecule has 1 heterocycles. The van der Waals surface area contributed by atoms with Crippen LogP contribution in [0, 0.1) is 5.92 Å². The number of aromatic nitrogens is 1. The number of hydrogen-bond donors (Lipinski definition) is 1. The lowest BCUT2D eigenvalue weighted by Crippen LogP contribution is -2.23. The van der Waals surface area contributed by atoms with E-state index in [2.05, 4.69) is 69.7 Å². The van der Waals surface area contributed by atoms with Crippen LogP contribution in [0.25, 0.3) is 0 Å². The van der Waals surface area contributed by atoms with Crippen LogP contribution in [0.5, 0.6) is 0 Å². The minimum Gasteiger partial charge on any atom is -0.313 e. The molecular formula is C16H17BrN2. The van der Waals surface area contributed by atoms with E-state index in [-0.39, 0.29) is 0 Å². The molecule has 1 aromatic carbocycles. The number of rotatable bonds is 3. The van der Waals surface area contributed by atoms with Gasteiger partial charge < -0.3 is 5.32 Å². The average molecular weight is 317 g/mol. The highest BCUT2D eigenvalue weighted by atomic mass is 79.9. The van der Waals surface area contributed by atoms with Gasteiger partial charge in [0.25, 0.3) is 0 Å². The first-order valence-electron chi connectivity index (χ1n) is 6.63. The molecule has 0 radical (unpaired) electrons. The Balaban J connectivity index is 1.81. The summed E-state index contributed by atoms with van der Waals surface area (Å²) in [5.41, 5.74) is 4.09. The van der Waals surface area contributed by atoms with Crippen LogP contribution in [0.2, 0.25) is 0 Å². The third kappa shape index (κ3) is 2.58. The molecule has 1 aliphatic rings. The average Bonchev–Trinajstić information content (AvgIpc) is 2.78. The van der Waals surface area contributed by atoms with Crippen LogP contribution in [-0.2, 0) is 12.8 Å². The molecule has 3 rings (SSSR count). The van der Waals surface area contributed by atoms with Crippen molar-refractivity contribution in [2.45, 2.75) is 18.9 Å². The van der Waals surface area contributed by atoms with Gasteiger partial charge in [0.05, 0.1) is 0 Å². The number of pyridine rings is 1. The number of benzene rings is 1. The smallest absolute Gasteiger partial charge is 0.0413 e. The molecule has 1 N–H and O–H groups in total. The van der Waals surface area contributed by atoms with Gasteiger partial charge in [0.2, 0.25) is 0 Å². The number of nitrogens with one attached hydrogen (secondary N) is 1. The Kier molecular flexibility index (Phi) is 3.67. The molecule has 2 unspecified atom stereocenters. The molecule has 0 amide bonds. The van der Waals surface area contributed by atoms with Crippen molar-refractivity contribution in [2.24, 2.45) is 5.92 Å². The van der Waals surface area contributed by atoms with Gasteiger partial charge >= 0.3 is 0 Å². The second-order valence-electron chi connectivity index (χ2n) is 5.10. The van der Waals surface area contributed by atoms with Gasteiger partial charge in [-0.2, -0.15) is 0 Å². The Labute approximate surface area is 122 Å². The van der Waals surface area contributed by atoms with E-state index in [1.165, 1.54) is 16.8 Å². The summed E-state index contributed by atoms with van der Waals surface area (Å²) in [6.45, 7) is 0. The van der Waals surface area contributed by atoms with Crippen molar-refractivity contribution in [1.29, 1.82) is 0 Å².